The number of benzene rings is 1. The van der Waals surface area contributed by atoms with Gasteiger partial charge >= 0.3 is 0 Å². The number of nitrogens with one attached hydrogen (secondary N) is 2. The van der Waals surface area contributed by atoms with E-state index < -0.39 is 0 Å². The molecule has 1 atom stereocenters. The van der Waals surface area contributed by atoms with Crippen LogP contribution in [0.25, 0.3) is 10.8 Å². The van der Waals surface area contributed by atoms with E-state index >= 15 is 0 Å². The summed E-state index contributed by atoms with van der Waals surface area (Å²) in [5.74, 6) is 0.582. The van der Waals surface area contributed by atoms with Crippen molar-refractivity contribution in [3.05, 3.63) is 59.3 Å². The van der Waals surface area contributed by atoms with Crippen LogP contribution in [-0.4, -0.2) is 16.8 Å². The second-order valence-corrected chi connectivity index (χ2v) is 6.97. The number of furan rings is 1. The Morgan fingerprint density at radius 3 is 2.63 bits per heavy atom. The number of hydrogen-bond donors (Lipinski definition) is 2. The molecule has 1 unspecified atom stereocenters. The minimum absolute atomic E-state index is 0.0266. The van der Waals surface area contributed by atoms with Gasteiger partial charge in [0.15, 0.2) is 10.8 Å². The lowest BCUT2D eigenvalue weighted by Crippen LogP contribution is -2.28. The Morgan fingerprint density at radius 2 is 1.96 bits per heavy atom. The molecule has 0 saturated carbocycles. The van der Waals surface area contributed by atoms with E-state index in [9.17, 15) is 9.59 Å². The van der Waals surface area contributed by atoms with E-state index in [2.05, 4.69) is 15.6 Å². The third-order valence-electron chi connectivity index (χ3n) is 4.02. The lowest BCUT2D eigenvalue weighted by Gasteiger charge is -2.14. The summed E-state index contributed by atoms with van der Waals surface area (Å²) in [6.45, 7) is 3.73. The molecule has 2 N–H and O–H groups in total. The highest BCUT2D eigenvalue weighted by molar-refractivity contribution is 7.13. The van der Waals surface area contributed by atoms with Gasteiger partial charge in [-0.05, 0) is 36.8 Å². The van der Waals surface area contributed by atoms with Crippen molar-refractivity contribution >= 4 is 28.8 Å². The third kappa shape index (κ3) is 5.04. The highest BCUT2D eigenvalue weighted by Gasteiger charge is 2.13. The second kappa shape index (κ2) is 8.64. The Labute approximate surface area is 161 Å². The number of carbonyl (C=O) groups is 2. The first kappa shape index (κ1) is 18.8. The number of anilines is 1. The molecule has 0 radical (unpaired) electrons. The molecule has 2 amide bonds. The highest BCUT2D eigenvalue weighted by atomic mass is 32.1. The van der Waals surface area contributed by atoms with Gasteiger partial charge in [0.05, 0.1) is 24.4 Å². The first-order chi connectivity index (χ1) is 13.0. The predicted molar refractivity (Wildman–Crippen MR) is 105 cm³/mol. The van der Waals surface area contributed by atoms with Gasteiger partial charge in [0.2, 0.25) is 11.8 Å². The fourth-order valence-corrected chi connectivity index (χ4v) is 3.33. The maximum absolute atomic E-state index is 12.3. The van der Waals surface area contributed by atoms with E-state index in [0.29, 0.717) is 17.9 Å². The zero-order valence-electron chi connectivity index (χ0n) is 15.2. The second-order valence-electron chi connectivity index (χ2n) is 6.11. The minimum Gasteiger partial charge on any atom is -0.462 e. The molecule has 2 aromatic heterocycles. The zero-order chi connectivity index (χ0) is 19.2. The summed E-state index contributed by atoms with van der Waals surface area (Å²) in [7, 11) is 0. The monoisotopic (exact) mass is 383 g/mol. The molecule has 0 spiro atoms. The molecular formula is C20H21N3O3S. The van der Waals surface area contributed by atoms with Gasteiger partial charge < -0.3 is 15.1 Å². The van der Waals surface area contributed by atoms with Gasteiger partial charge in [0.25, 0.3) is 0 Å². The average Bonchev–Trinajstić information content (AvgIpc) is 3.33. The van der Waals surface area contributed by atoms with E-state index in [0.717, 1.165) is 16.3 Å². The smallest absolute Gasteiger partial charge is 0.226 e. The van der Waals surface area contributed by atoms with Crippen LogP contribution in [0.4, 0.5) is 5.69 Å². The van der Waals surface area contributed by atoms with Crippen molar-refractivity contribution in [3.63, 3.8) is 0 Å². The van der Waals surface area contributed by atoms with Crippen molar-refractivity contribution in [2.24, 2.45) is 0 Å². The topological polar surface area (TPSA) is 84.2 Å². The molecule has 1 aromatic carbocycles. The normalized spacial score (nSPS) is 11.8. The summed E-state index contributed by atoms with van der Waals surface area (Å²) in [5, 5.41) is 8.41. The largest absolute Gasteiger partial charge is 0.462 e. The molecule has 7 heteroatoms. The van der Waals surface area contributed by atoms with Crippen molar-refractivity contribution < 1.29 is 14.0 Å². The lowest BCUT2D eigenvalue weighted by molar-refractivity contribution is -0.121. The van der Waals surface area contributed by atoms with Crippen molar-refractivity contribution in [1.29, 1.82) is 0 Å². The Morgan fingerprint density at radius 1 is 1.19 bits per heavy atom. The third-order valence-corrected chi connectivity index (χ3v) is 4.92. The van der Waals surface area contributed by atoms with Gasteiger partial charge in [-0.15, -0.1) is 11.3 Å². The van der Waals surface area contributed by atoms with E-state index in [-0.39, 0.29) is 24.3 Å². The van der Waals surface area contributed by atoms with Crippen LogP contribution < -0.4 is 10.6 Å². The molecule has 140 valence electrons. The molecule has 27 heavy (non-hydrogen) atoms. The summed E-state index contributed by atoms with van der Waals surface area (Å²) in [4.78, 5) is 28.2. The van der Waals surface area contributed by atoms with E-state index in [1.165, 1.54) is 11.3 Å². The number of hydrogen-bond acceptors (Lipinski definition) is 5. The summed E-state index contributed by atoms with van der Waals surface area (Å²) in [6, 6.07) is 11.0. The maximum atomic E-state index is 12.3. The first-order valence-electron chi connectivity index (χ1n) is 8.72. The van der Waals surface area contributed by atoms with Gasteiger partial charge in [-0.3, -0.25) is 9.59 Å². The number of rotatable bonds is 7. The molecule has 2 heterocycles. The number of carbonyl (C=O) groups excluding carboxylic acids is 2. The van der Waals surface area contributed by atoms with Gasteiger partial charge in [-0.25, -0.2) is 4.98 Å². The summed E-state index contributed by atoms with van der Waals surface area (Å²) >= 11 is 1.45. The zero-order valence-corrected chi connectivity index (χ0v) is 16.0. The number of nitrogens with zero attached hydrogens (tertiary/aromatic N) is 1. The molecule has 0 aliphatic heterocycles. The van der Waals surface area contributed by atoms with Crippen LogP contribution in [0, 0.1) is 0 Å². The van der Waals surface area contributed by atoms with E-state index in [1.54, 1.807) is 13.2 Å². The van der Waals surface area contributed by atoms with Crippen LogP contribution in [0.15, 0.2) is 52.5 Å². The summed E-state index contributed by atoms with van der Waals surface area (Å²) < 4.78 is 5.32. The molecule has 0 saturated heterocycles. The first-order valence-corrected chi connectivity index (χ1v) is 9.60. The maximum Gasteiger partial charge on any atom is 0.226 e. The van der Waals surface area contributed by atoms with E-state index in [4.69, 9.17) is 4.42 Å². The summed E-state index contributed by atoms with van der Waals surface area (Å²) in [5.41, 5.74) is 2.43. The molecule has 3 rings (SSSR count). The standard InChI is InChI=1S/C20H21N3O3S/c1-3-18(24)22-15-8-6-14(7-9-15)13(2)21-19(25)11-16-12-27-20(23-16)17-5-4-10-26-17/h4-10,12-13H,3,11H2,1-2H3,(H,21,25)(H,22,24). The van der Waals surface area contributed by atoms with Crippen molar-refractivity contribution in [1.82, 2.24) is 10.3 Å². The van der Waals surface area contributed by atoms with Gasteiger partial charge in [-0.1, -0.05) is 19.1 Å². The highest BCUT2D eigenvalue weighted by Crippen LogP contribution is 2.24. The van der Waals surface area contributed by atoms with Crippen LogP contribution in [0.2, 0.25) is 0 Å². The molecular weight excluding hydrogens is 362 g/mol. The van der Waals surface area contributed by atoms with Crippen LogP contribution in [0.1, 0.15) is 37.6 Å². The van der Waals surface area contributed by atoms with Crippen molar-refractivity contribution in [3.8, 4) is 10.8 Å². The average molecular weight is 383 g/mol. The molecule has 0 fully saturated rings. The van der Waals surface area contributed by atoms with Crippen molar-refractivity contribution in [2.75, 3.05) is 5.32 Å². The lowest BCUT2D eigenvalue weighted by atomic mass is 10.1. The van der Waals surface area contributed by atoms with E-state index in [1.807, 2.05) is 48.7 Å². The van der Waals surface area contributed by atoms with Crippen molar-refractivity contribution in [2.45, 2.75) is 32.7 Å². The Hall–Kier alpha value is -2.93. The molecule has 0 aliphatic carbocycles. The van der Waals surface area contributed by atoms with Crippen LogP contribution >= 0.6 is 11.3 Å². The molecule has 0 aliphatic rings. The molecule has 6 nitrogen and oxygen atoms in total. The SMILES string of the molecule is CCC(=O)Nc1ccc(C(C)NC(=O)Cc2csc(-c3ccco3)n2)cc1. The Bertz CT molecular complexity index is 901. The number of thiazole rings is 1. The van der Waals surface area contributed by atoms with Gasteiger partial charge in [0, 0.05) is 17.5 Å². The molecule has 3 aromatic rings. The Balaban J connectivity index is 1.55. The Kier molecular flexibility index (Phi) is 6.03. The molecule has 0 bridgehead atoms. The number of amides is 2. The fourth-order valence-electron chi connectivity index (χ4n) is 2.55. The minimum atomic E-state index is -0.142. The van der Waals surface area contributed by atoms with Gasteiger partial charge in [-0.2, -0.15) is 0 Å². The summed E-state index contributed by atoms with van der Waals surface area (Å²) in [6.07, 6.45) is 2.25. The van der Waals surface area contributed by atoms with Gasteiger partial charge in [0.1, 0.15) is 0 Å². The predicted octanol–water partition coefficient (Wildman–Crippen LogP) is 4.17. The van der Waals surface area contributed by atoms with Crippen LogP contribution in [-0.2, 0) is 16.0 Å². The quantitative estimate of drug-likeness (QED) is 0.641. The number of aromatic nitrogens is 1. The van der Waals surface area contributed by atoms with Crippen LogP contribution in [0.3, 0.4) is 0 Å². The fraction of sp³-hybridized carbons (Fsp3) is 0.250. The van der Waals surface area contributed by atoms with Crippen LogP contribution in [0.5, 0.6) is 0 Å².